The lowest BCUT2D eigenvalue weighted by Gasteiger charge is -2.28. The number of methoxy groups -OCH3 is 2. The number of carbonyl (C=O) groups is 4. The first-order valence-corrected chi connectivity index (χ1v) is 11.2. The summed E-state index contributed by atoms with van der Waals surface area (Å²) in [5.74, 6) is -3.88. The van der Waals surface area contributed by atoms with Crippen molar-refractivity contribution in [2.24, 2.45) is 0 Å². The van der Waals surface area contributed by atoms with Crippen molar-refractivity contribution in [3.05, 3.63) is 59.2 Å². The van der Waals surface area contributed by atoms with E-state index in [0.29, 0.717) is 17.7 Å². The summed E-state index contributed by atoms with van der Waals surface area (Å²) in [6.45, 7) is 4.15. The molecule has 0 aromatic heterocycles. The normalized spacial score (nSPS) is 14.6. The minimum absolute atomic E-state index is 0.0733. The van der Waals surface area contributed by atoms with Gasteiger partial charge in [0.25, 0.3) is 0 Å². The molecule has 0 aliphatic carbocycles. The largest absolute Gasteiger partial charge is 0.478 e. The average molecular weight is 484 g/mol. The number of esters is 2. The Bertz CT molecular complexity index is 1080. The number of carboxylic acids is 1. The lowest BCUT2D eigenvalue weighted by molar-refractivity contribution is -0.154. The highest BCUT2D eigenvalue weighted by atomic mass is 16.5. The van der Waals surface area contributed by atoms with Crippen molar-refractivity contribution in [3.8, 4) is 11.1 Å². The molecule has 1 saturated heterocycles. The maximum Gasteiger partial charge on any atom is 0.396 e. The maximum absolute atomic E-state index is 12.1. The number of hydrogen-bond donors (Lipinski definition) is 3. The molecule has 0 spiro atoms. The number of ether oxygens (including phenoxy) is 2. The van der Waals surface area contributed by atoms with Gasteiger partial charge in [-0.1, -0.05) is 36.4 Å². The second-order valence-corrected chi connectivity index (χ2v) is 8.11. The fourth-order valence-corrected chi connectivity index (χ4v) is 4.05. The number of rotatable bonds is 8. The van der Waals surface area contributed by atoms with Crippen LogP contribution in [0.4, 0.5) is 0 Å². The Hall–Kier alpha value is -3.76. The molecule has 186 valence electrons. The Kier molecular flexibility index (Phi) is 8.93. The molecular weight excluding hydrogens is 454 g/mol. The van der Waals surface area contributed by atoms with Crippen molar-refractivity contribution in [2.75, 3.05) is 40.4 Å². The molecule has 3 rings (SSSR count). The van der Waals surface area contributed by atoms with Crippen molar-refractivity contribution in [2.45, 2.75) is 19.0 Å². The first kappa shape index (κ1) is 25.9. The summed E-state index contributed by atoms with van der Waals surface area (Å²) in [4.78, 5) is 49.7. The minimum Gasteiger partial charge on any atom is -0.478 e. The van der Waals surface area contributed by atoms with Gasteiger partial charge < -0.3 is 25.2 Å². The fourth-order valence-electron chi connectivity index (χ4n) is 4.05. The van der Waals surface area contributed by atoms with Gasteiger partial charge in [0.1, 0.15) is 6.04 Å². The summed E-state index contributed by atoms with van der Waals surface area (Å²) in [5, 5.41) is 15.4. The molecule has 2 aromatic rings. The van der Waals surface area contributed by atoms with Gasteiger partial charge in [0.05, 0.1) is 19.8 Å². The number of nitrogens with zero attached hydrogens (tertiary/aromatic N) is 1. The van der Waals surface area contributed by atoms with Gasteiger partial charge in [0.15, 0.2) is 0 Å². The molecule has 1 fully saturated rings. The second-order valence-electron chi connectivity index (χ2n) is 8.11. The van der Waals surface area contributed by atoms with Crippen LogP contribution in [0.15, 0.2) is 42.5 Å². The lowest BCUT2D eigenvalue weighted by Crippen LogP contribution is -2.46. The van der Waals surface area contributed by atoms with Crippen LogP contribution in [0.25, 0.3) is 11.1 Å². The van der Waals surface area contributed by atoms with E-state index in [2.05, 4.69) is 20.3 Å². The van der Waals surface area contributed by atoms with Gasteiger partial charge in [-0.3, -0.25) is 9.69 Å². The van der Waals surface area contributed by atoms with Crippen molar-refractivity contribution in [3.63, 3.8) is 0 Å². The smallest absolute Gasteiger partial charge is 0.396 e. The SMILES string of the molecule is COC(=O)C(=O)NC(Cc1ccc(-c2c(CN3CCNCC3)cccc2C(=O)O)cc1)C(=O)OC. The Balaban J connectivity index is 1.86. The van der Waals surface area contributed by atoms with Gasteiger partial charge in [-0.05, 0) is 22.8 Å². The Labute approximate surface area is 203 Å². The van der Waals surface area contributed by atoms with Crippen LogP contribution < -0.4 is 10.6 Å². The fraction of sp³-hybridized carbons (Fsp3) is 0.360. The van der Waals surface area contributed by atoms with Gasteiger partial charge in [0, 0.05) is 44.7 Å². The summed E-state index contributed by atoms with van der Waals surface area (Å²) in [7, 11) is 2.25. The summed E-state index contributed by atoms with van der Waals surface area (Å²) >= 11 is 0. The van der Waals surface area contributed by atoms with E-state index in [0.717, 1.165) is 44.4 Å². The van der Waals surface area contributed by atoms with Crippen molar-refractivity contribution in [1.29, 1.82) is 0 Å². The predicted molar refractivity (Wildman–Crippen MR) is 127 cm³/mol. The molecule has 35 heavy (non-hydrogen) atoms. The quantitative estimate of drug-likeness (QED) is 0.369. The monoisotopic (exact) mass is 483 g/mol. The Morgan fingerprint density at radius 3 is 2.31 bits per heavy atom. The standard InChI is InChI=1S/C25H29N3O7/c1-34-24(32)20(27-22(29)25(33)35-2)14-16-6-8-17(9-7-16)21-18(4-3-5-19(21)23(30)31)15-28-12-10-26-11-13-28/h3-9,20,26H,10-15H2,1-2H3,(H,27,29)(H,30,31). The Morgan fingerprint density at radius 1 is 1.03 bits per heavy atom. The number of benzene rings is 2. The van der Waals surface area contributed by atoms with Crippen LogP contribution >= 0.6 is 0 Å². The first-order chi connectivity index (χ1) is 16.8. The van der Waals surface area contributed by atoms with Gasteiger partial charge in [-0.2, -0.15) is 0 Å². The minimum atomic E-state index is -1.11. The molecule has 3 N–H and O–H groups in total. The molecule has 0 bridgehead atoms. The van der Waals surface area contributed by atoms with Crippen LogP contribution in [0.3, 0.4) is 0 Å². The molecule has 1 aliphatic heterocycles. The van der Waals surface area contributed by atoms with E-state index in [-0.39, 0.29) is 12.0 Å². The number of nitrogens with one attached hydrogen (secondary N) is 2. The molecule has 1 atom stereocenters. The van der Waals surface area contributed by atoms with Crippen LogP contribution in [0.5, 0.6) is 0 Å². The molecule has 0 saturated carbocycles. The predicted octanol–water partition coefficient (Wildman–Crippen LogP) is 0.830. The number of amides is 1. The molecule has 10 nitrogen and oxygen atoms in total. The zero-order valence-electron chi connectivity index (χ0n) is 19.7. The highest BCUT2D eigenvalue weighted by molar-refractivity contribution is 6.32. The van der Waals surface area contributed by atoms with Crippen molar-refractivity contribution < 1.29 is 33.8 Å². The van der Waals surface area contributed by atoms with Crippen LogP contribution in [-0.2, 0) is 36.8 Å². The molecule has 1 amide bonds. The number of hydrogen-bond acceptors (Lipinski definition) is 8. The third-order valence-corrected chi connectivity index (χ3v) is 5.83. The average Bonchev–Trinajstić information content (AvgIpc) is 2.88. The molecule has 1 aliphatic rings. The lowest BCUT2D eigenvalue weighted by atomic mass is 9.92. The van der Waals surface area contributed by atoms with Crippen LogP contribution in [0.1, 0.15) is 21.5 Å². The molecule has 2 aromatic carbocycles. The summed E-state index contributed by atoms with van der Waals surface area (Å²) in [5.41, 5.74) is 3.19. The number of aromatic carboxylic acids is 1. The number of piperazine rings is 1. The van der Waals surface area contributed by atoms with Crippen molar-refractivity contribution in [1.82, 2.24) is 15.5 Å². The summed E-state index contributed by atoms with van der Waals surface area (Å²) in [6.07, 6.45) is 0.0733. The third-order valence-electron chi connectivity index (χ3n) is 5.83. The van der Waals surface area contributed by atoms with Gasteiger partial charge >= 0.3 is 23.8 Å². The number of carbonyl (C=O) groups excluding carboxylic acids is 3. The molecule has 10 heteroatoms. The van der Waals surface area contributed by atoms with Gasteiger partial charge in [0.2, 0.25) is 0 Å². The highest BCUT2D eigenvalue weighted by Gasteiger charge is 2.26. The van der Waals surface area contributed by atoms with Crippen LogP contribution in [0.2, 0.25) is 0 Å². The zero-order valence-corrected chi connectivity index (χ0v) is 19.7. The van der Waals surface area contributed by atoms with Gasteiger partial charge in [-0.15, -0.1) is 0 Å². The van der Waals surface area contributed by atoms with Crippen LogP contribution in [0, 0.1) is 0 Å². The molecule has 1 unspecified atom stereocenters. The second kappa shape index (κ2) is 12.1. The highest BCUT2D eigenvalue weighted by Crippen LogP contribution is 2.30. The van der Waals surface area contributed by atoms with E-state index >= 15 is 0 Å². The summed E-state index contributed by atoms with van der Waals surface area (Å²) < 4.78 is 9.12. The Morgan fingerprint density at radius 2 is 1.71 bits per heavy atom. The summed E-state index contributed by atoms with van der Waals surface area (Å²) in [6, 6.07) is 11.3. The van der Waals surface area contributed by atoms with Crippen molar-refractivity contribution >= 4 is 23.8 Å². The first-order valence-electron chi connectivity index (χ1n) is 11.2. The van der Waals surface area contributed by atoms with Gasteiger partial charge in [-0.25, -0.2) is 14.4 Å². The molecular formula is C25H29N3O7. The topological polar surface area (TPSA) is 134 Å². The van der Waals surface area contributed by atoms with E-state index in [4.69, 9.17) is 4.74 Å². The molecule has 0 radical (unpaired) electrons. The van der Waals surface area contributed by atoms with E-state index in [1.54, 1.807) is 36.4 Å². The molecule has 1 heterocycles. The zero-order chi connectivity index (χ0) is 25.4. The number of carboxylic acid groups (broad SMARTS) is 1. The third kappa shape index (κ3) is 6.65. The maximum atomic E-state index is 12.1. The van der Waals surface area contributed by atoms with E-state index in [9.17, 15) is 24.3 Å². The van der Waals surface area contributed by atoms with E-state index in [1.807, 2.05) is 6.07 Å². The van der Waals surface area contributed by atoms with E-state index < -0.39 is 29.9 Å². The van der Waals surface area contributed by atoms with E-state index in [1.165, 1.54) is 7.11 Å². The van der Waals surface area contributed by atoms with Crippen LogP contribution in [-0.4, -0.2) is 80.3 Å².